The number of halogens is 3. The van der Waals surface area contributed by atoms with Crippen molar-refractivity contribution in [3.05, 3.63) is 76.0 Å². The molecule has 3 aromatic rings. The van der Waals surface area contributed by atoms with Gasteiger partial charge in [0.25, 0.3) is 5.69 Å². The lowest BCUT2D eigenvalue weighted by Gasteiger charge is -2.38. The summed E-state index contributed by atoms with van der Waals surface area (Å²) in [5.41, 5.74) is 2.46. The number of carbonyl (C=O) groups is 1. The minimum absolute atomic E-state index is 0.0818. The Balaban J connectivity index is 1.78. The van der Waals surface area contributed by atoms with Gasteiger partial charge >= 0.3 is 6.18 Å². The van der Waals surface area contributed by atoms with Crippen LogP contribution in [0.1, 0.15) is 24.0 Å². The largest absolute Gasteiger partial charge is 0.422 e. The van der Waals surface area contributed by atoms with Gasteiger partial charge in [0.1, 0.15) is 0 Å². The van der Waals surface area contributed by atoms with Crippen molar-refractivity contribution >= 4 is 22.5 Å². The van der Waals surface area contributed by atoms with Crippen LogP contribution < -0.4 is 5.73 Å². The summed E-state index contributed by atoms with van der Waals surface area (Å²) in [5.74, 6) is -0.889. The van der Waals surface area contributed by atoms with Crippen LogP contribution in [0.15, 0.2) is 54.7 Å². The molecule has 1 unspecified atom stereocenters. The van der Waals surface area contributed by atoms with Crippen LogP contribution in [-0.2, 0) is 16.9 Å². The lowest BCUT2D eigenvalue weighted by atomic mass is 9.89. The molecule has 2 heterocycles. The Hall–Kier alpha value is -3.44. The molecule has 1 fully saturated rings. The molecule has 3 N–H and O–H groups in total. The number of primary amides is 1. The maximum Gasteiger partial charge on any atom is 0.422 e. The molecule has 8 nitrogen and oxygen atoms in total. The molecule has 0 radical (unpaired) electrons. The Morgan fingerprint density at radius 3 is 2.37 bits per heavy atom. The van der Waals surface area contributed by atoms with Crippen LogP contribution in [0.25, 0.3) is 10.9 Å². The Morgan fingerprint density at radius 1 is 1.14 bits per heavy atom. The molecule has 1 amide bonds. The van der Waals surface area contributed by atoms with Gasteiger partial charge in [0, 0.05) is 48.3 Å². The summed E-state index contributed by atoms with van der Waals surface area (Å²) in [5, 5.41) is 22.6. The fourth-order valence-electron chi connectivity index (χ4n) is 4.66. The molecule has 0 aliphatic carbocycles. The molecule has 11 heteroatoms. The maximum atomic E-state index is 14.5. The number of likely N-dealkylation sites (tertiary alicyclic amines) is 1. The van der Waals surface area contributed by atoms with Crippen LogP contribution in [0.5, 0.6) is 0 Å². The molecule has 0 saturated carbocycles. The van der Waals surface area contributed by atoms with Gasteiger partial charge in [-0.2, -0.15) is 13.2 Å². The van der Waals surface area contributed by atoms with Gasteiger partial charge in [-0.1, -0.05) is 30.3 Å². The van der Waals surface area contributed by atoms with E-state index in [1.165, 1.54) is 27.8 Å². The van der Waals surface area contributed by atoms with Crippen LogP contribution in [0.2, 0.25) is 0 Å². The molecule has 2 aromatic carbocycles. The molecule has 1 aliphatic rings. The van der Waals surface area contributed by atoms with E-state index < -0.39 is 35.1 Å². The average molecular weight is 490 g/mol. The Morgan fingerprint density at radius 2 is 1.80 bits per heavy atom. The van der Waals surface area contributed by atoms with Gasteiger partial charge < -0.3 is 15.4 Å². The number of nitro benzene ring substituents is 1. The van der Waals surface area contributed by atoms with Crippen molar-refractivity contribution in [3.63, 3.8) is 0 Å². The highest BCUT2D eigenvalue weighted by molar-refractivity contribution is 5.87. The topological polar surface area (TPSA) is 115 Å². The number of amides is 1. The fourth-order valence-corrected chi connectivity index (χ4v) is 4.66. The first-order valence-electron chi connectivity index (χ1n) is 11.1. The van der Waals surface area contributed by atoms with E-state index in [9.17, 15) is 33.2 Å². The normalized spacial score (nSPS) is 17.4. The number of aromatic nitrogens is 1. The number of nitro groups is 1. The van der Waals surface area contributed by atoms with E-state index in [0.29, 0.717) is 12.8 Å². The molecule has 186 valence electrons. The summed E-state index contributed by atoms with van der Waals surface area (Å²) >= 11 is 0. The van der Waals surface area contributed by atoms with Crippen molar-refractivity contribution in [2.75, 3.05) is 19.6 Å². The molecular formula is C24H25F3N4O4. The zero-order chi connectivity index (χ0) is 25.4. The van der Waals surface area contributed by atoms with Crippen LogP contribution in [0.3, 0.4) is 0 Å². The quantitative estimate of drug-likeness (QED) is 0.388. The highest BCUT2D eigenvalue weighted by Gasteiger charge is 2.57. The highest BCUT2D eigenvalue weighted by atomic mass is 19.4. The minimum Gasteiger partial charge on any atom is -0.375 e. The van der Waals surface area contributed by atoms with Gasteiger partial charge in [-0.25, -0.2) is 0 Å². The molecule has 1 saturated heterocycles. The number of aliphatic hydroxyl groups is 1. The maximum absolute atomic E-state index is 14.5. The number of piperidine rings is 1. The molecular weight excluding hydrogens is 465 g/mol. The second-order valence-corrected chi connectivity index (χ2v) is 8.93. The van der Waals surface area contributed by atoms with Gasteiger partial charge in [-0.15, -0.1) is 0 Å². The van der Waals surface area contributed by atoms with Crippen molar-refractivity contribution in [3.8, 4) is 0 Å². The number of alkyl halides is 3. The second kappa shape index (κ2) is 9.31. The van der Waals surface area contributed by atoms with Crippen molar-refractivity contribution < 1.29 is 28.0 Å². The van der Waals surface area contributed by atoms with Crippen molar-refractivity contribution in [1.29, 1.82) is 0 Å². The van der Waals surface area contributed by atoms with Crippen LogP contribution in [-0.4, -0.2) is 51.2 Å². The molecule has 35 heavy (non-hydrogen) atoms. The number of hydrogen-bond acceptors (Lipinski definition) is 5. The smallest absolute Gasteiger partial charge is 0.375 e. The Labute approximate surface area is 198 Å². The summed E-state index contributed by atoms with van der Waals surface area (Å²) in [6.45, 7) is -0.208. The number of nitrogens with zero attached hydrogens (tertiary/aromatic N) is 3. The number of benzene rings is 2. The van der Waals surface area contributed by atoms with E-state index >= 15 is 0 Å². The molecule has 0 bridgehead atoms. The van der Waals surface area contributed by atoms with Crippen molar-refractivity contribution in [2.24, 2.45) is 11.7 Å². The summed E-state index contributed by atoms with van der Waals surface area (Å²) in [4.78, 5) is 23.6. The van der Waals surface area contributed by atoms with E-state index in [-0.39, 0.29) is 41.8 Å². The first-order valence-corrected chi connectivity index (χ1v) is 11.1. The zero-order valence-electron chi connectivity index (χ0n) is 18.7. The SMILES string of the molecule is NC(=O)C1CCN(CC(O)(c2cn(Cc3ccccc3)c3cc([N+](=O)[O-])ccc23)C(F)(F)F)CC1. The summed E-state index contributed by atoms with van der Waals surface area (Å²) < 4.78 is 44.8. The lowest BCUT2D eigenvalue weighted by molar-refractivity contribution is -0.384. The number of non-ortho nitro benzene ring substituents is 1. The third-order valence-corrected chi connectivity index (χ3v) is 6.63. The Kier molecular flexibility index (Phi) is 6.56. The summed E-state index contributed by atoms with van der Waals surface area (Å²) in [6.07, 6.45) is -3.18. The van der Waals surface area contributed by atoms with Crippen LogP contribution >= 0.6 is 0 Å². The lowest BCUT2D eigenvalue weighted by Crippen LogP contribution is -2.53. The molecule has 1 aliphatic heterocycles. The number of nitrogens with two attached hydrogens (primary N) is 1. The van der Waals surface area contributed by atoms with Crippen LogP contribution in [0.4, 0.5) is 18.9 Å². The van der Waals surface area contributed by atoms with Gasteiger partial charge in [0.05, 0.1) is 10.4 Å². The van der Waals surface area contributed by atoms with Crippen molar-refractivity contribution in [2.45, 2.75) is 31.2 Å². The monoisotopic (exact) mass is 490 g/mol. The van der Waals surface area contributed by atoms with Gasteiger partial charge in [0.15, 0.2) is 0 Å². The van der Waals surface area contributed by atoms with E-state index in [0.717, 1.165) is 11.6 Å². The zero-order valence-corrected chi connectivity index (χ0v) is 18.7. The number of carbonyl (C=O) groups excluding carboxylic acids is 1. The van der Waals surface area contributed by atoms with Gasteiger partial charge in [0.2, 0.25) is 11.5 Å². The Bertz CT molecular complexity index is 1240. The van der Waals surface area contributed by atoms with Crippen LogP contribution in [0, 0.1) is 16.0 Å². The number of fused-ring (bicyclic) bond motifs is 1. The molecule has 1 aromatic heterocycles. The number of hydrogen-bond donors (Lipinski definition) is 2. The number of rotatable bonds is 7. The predicted molar refractivity (Wildman–Crippen MR) is 122 cm³/mol. The molecule has 0 spiro atoms. The minimum atomic E-state index is -5.03. The fraction of sp³-hybridized carbons (Fsp3) is 0.375. The first kappa shape index (κ1) is 24.7. The van der Waals surface area contributed by atoms with E-state index in [1.807, 2.05) is 0 Å². The summed E-state index contributed by atoms with van der Waals surface area (Å²) in [6, 6.07) is 12.6. The third-order valence-electron chi connectivity index (χ3n) is 6.63. The third kappa shape index (κ3) is 4.87. The van der Waals surface area contributed by atoms with E-state index in [1.54, 1.807) is 30.3 Å². The van der Waals surface area contributed by atoms with E-state index in [2.05, 4.69) is 0 Å². The first-order chi connectivity index (χ1) is 16.5. The molecule has 1 atom stereocenters. The predicted octanol–water partition coefficient (Wildman–Crippen LogP) is 3.55. The second-order valence-electron chi connectivity index (χ2n) is 8.93. The highest BCUT2D eigenvalue weighted by Crippen LogP contribution is 2.44. The van der Waals surface area contributed by atoms with Crippen molar-refractivity contribution in [1.82, 2.24) is 9.47 Å². The standard InChI is InChI=1S/C24H25F3N4O4/c25-24(26,27)23(33,15-29-10-8-17(9-11-29)22(28)32)20-14-30(13-16-4-2-1-3-5-16)21-12-18(31(34)35)6-7-19(20)21/h1-7,12,14,17,33H,8-11,13,15H2,(H2,28,32). The van der Waals surface area contributed by atoms with Gasteiger partial charge in [-0.3, -0.25) is 19.8 Å². The summed E-state index contributed by atoms with van der Waals surface area (Å²) in [7, 11) is 0. The molecule has 4 rings (SSSR count). The number of β-amino-alcohol motifs (C(OH)–C–C–N with tert-alkyl or cyclic N) is 1. The average Bonchev–Trinajstić information content (AvgIpc) is 3.17. The van der Waals surface area contributed by atoms with E-state index in [4.69, 9.17) is 5.73 Å². The van der Waals surface area contributed by atoms with Gasteiger partial charge in [-0.05, 0) is 37.6 Å².